The first-order valence-corrected chi connectivity index (χ1v) is 5.90. The quantitative estimate of drug-likeness (QED) is 0.676. The molecule has 0 fully saturated rings. The molecule has 0 radical (unpaired) electrons. The summed E-state index contributed by atoms with van der Waals surface area (Å²) in [5, 5.41) is 13.4. The van der Waals surface area contributed by atoms with Crippen LogP contribution in [-0.4, -0.2) is 14.5 Å². The summed E-state index contributed by atoms with van der Waals surface area (Å²) < 4.78 is 28.6. The van der Waals surface area contributed by atoms with Gasteiger partial charge in [-0.25, -0.2) is 13.8 Å². The maximum absolute atomic E-state index is 13.7. The molecule has 1 N–H and O–H groups in total. The summed E-state index contributed by atoms with van der Waals surface area (Å²) in [6.45, 7) is 2.61. The lowest BCUT2D eigenvalue weighted by atomic mass is 10.2. The largest absolute Gasteiger partial charge is 0.370 e. The zero-order chi connectivity index (χ0) is 14.7. The Morgan fingerprint density at radius 3 is 2.85 bits per heavy atom. The van der Waals surface area contributed by atoms with E-state index in [9.17, 15) is 18.9 Å². The van der Waals surface area contributed by atoms with Gasteiger partial charge in [0.2, 0.25) is 0 Å². The zero-order valence-corrected chi connectivity index (χ0v) is 10.6. The van der Waals surface area contributed by atoms with E-state index in [-0.39, 0.29) is 6.54 Å². The lowest BCUT2D eigenvalue weighted by Crippen LogP contribution is -2.10. The third kappa shape index (κ3) is 2.58. The second-order valence-corrected chi connectivity index (χ2v) is 4.00. The minimum Gasteiger partial charge on any atom is -0.370 e. The number of halogens is 2. The van der Waals surface area contributed by atoms with E-state index in [2.05, 4.69) is 10.3 Å². The van der Waals surface area contributed by atoms with Crippen LogP contribution in [0.4, 0.5) is 20.2 Å². The normalized spacial score (nSPS) is 10.6. The molecular formula is C12H12F2N4O2. The SMILES string of the molecule is CCn1ccnc1CNc1c([N+](=O)[O-])ccc(F)c1F. The number of benzene rings is 1. The van der Waals surface area contributed by atoms with Crippen molar-refractivity contribution in [2.24, 2.45) is 0 Å². The molecule has 106 valence electrons. The van der Waals surface area contributed by atoms with E-state index in [1.165, 1.54) is 0 Å². The lowest BCUT2D eigenvalue weighted by molar-refractivity contribution is -0.384. The smallest absolute Gasteiger partial charge is 0.295 e. The van der Waals surface area contributed by atoms with Crippen LogP contribution < -0.4 is 5.32 Å². The Morgan fingerprint density at radius 2 is 2.20 bits per heavy atom. The van der Waals surface area contributed by atoms with Gasteiger partial charge in [-0.1, -0.05) is 0 Å². The van der Waals surface area contributed by atoms with Crippen LogP contribution in [0.1, 0.15) is 12.7 Å². The van der Waals surface area contributed by atoms with Crippen molar-refractivity contribution in [1.82, 2.24) is 9.55 Å². The molecule has 0 atom stereocenters. The summed E-state index contributed by atoms with van der Waals surface area (Å²) in [5.41, 5.74) is -0.987. The number of aromatic nitrogens is 2. The Bertz CT molecular complexity index is 642. The molecule has 0 aliphatic rings. The fourth-order valence-corrected chi connectivity index (χ4v) is 1.82. The van der Waals surface area contributed by atoms with Gasteiger partial charge < -0.3 is 9.88 Å². The molecule has 0 unspecified atom stereocenters. The van der Waals surface area contributed by atoms with Gasteiger partial charge in [-0.3, -0.25) is 10.1 Å². The molecule has 1 heterocycles. The Labute approximate surface area is 113 Å². The van der Waals surface area contributed by atoms with E-state index in [4.69, 9.17) is 0 Å². The molecule has 2 rings (SSSR count). The highest BCUT2D eigenvalue weighted by Gasteiger charge is 2.21. The Balaban J connectivity index is 2.29. The van der Waals surface area contributed by atoms with Crippen LogP contribution >= 0.6 is 0 Å². The number of aryl methyl sites for hydroxylation is 1. The first-order valence-electron chi connectivity index (χ1n) is 5.90. The van der Waals surface area contributed by atoms with Crippen molar-refractivity contribution in [2.45, 2.75) is 20.0 Å². The summed E-state index contributed by atoms with van der Waals surface area (Å²) >= 11 is 0. The fourth-order valence-electron chi connectivity index (χ4n) is 1.82. The van der Waals surface area contributed by atoms with Gasteiger partial charge in [0, 0.05) is 25.0 Å². The first-order chi connectivity index (χ1) is 9.54. The van der Waals surface area contributed by atoms with Gasteiger partial charge in [-0.2, -0.15) is 0 Å². The van der Waals surface area contributed by atoms with Gasteiger partial charge in [0.25, 0.3) is 5.69 Å². The molecule has 1 aromatic carbocycles. The monoisotopic (exact) mass is 282 g/mol. The van der Waals surface area contributed by atoms with Crippen LogP contribution in [0.2, 0.25) is 0 Å². The van der Waals surface area contributed by atoms with Gasteiger partial charge in [-0.15, -0.1) is 0 Å². The number of hydrogen-bond donors (Lipinski definition) is 1. The third-order valence-electron chi connectivity index (χ3n) is 2.84. The molecule has 0 amide bonds. The fraction of sp³-hybridized carbons (Fsp3) is 0.250. The number of hydrogen-bond acceptors (Lipinski definition) is 4. The molecule has 0 saturated heterocycles. The van der Waals surface area contributed by atoms with Crippen molar-refractivity contribution >= 4 is 11.4 Å². The third-order valence-corrected chi connectivity index (χ3v) is 2.84. The summed E-state index contributed by atoms with van der Waals surface area (Å²) in [6.07, 6.45) is 3.30. The second kappa shape index (κ2) is 5.64. The maximum atomic E-state index is 13.7. The number of anilines is 1. The van der Waals surface area contributed by atoms with Crippen LogP contribution in [-0.2, 0) is 13.1 Å². The minimum atomic E-state index is -1.27. The van der Waals surface area contributed by atoms with Crippen LogP contribution in [0.5, 0.6) is 0 Å². The summed E-state index contributed by atoms with van der Waals surface area (Å²) in [4.78, 5) is 14.1. The molecule has 1 aromatic heterocycles. The van der Waals surface area contributed by atoms with E-state index in [0.29, 0.717) is 12.4 Å². The molecule has 8 heteroatoms. The second-order valence-electron chi connectivity index (χ2n) is 4.00. The number of nitro benzene ring substituents is 1. The predicted molar refractivity (Wildman–Crippen MR) is 68.2 cm³/mol. The number of rotatable bonds is 5. The van der Waals surface area contributed by atoms with Gasteiger partial charge >= 0.3 is 0 Å². The van der Waals surface area contributed by atoms with Crippen molar-refractivity contribution in [3.8, 4) is 0 Å². The highest BCUT2D eigenvalue weighted by molar-refractivity contribution is 5.62. The number of nitrogens with one attached hydrogen (secondary N) is 1. The molecule has 0 saturated carbocycles. The molecule has 2 aromatic rings. The van der Waals surface area contributed by atoms with E-state index in [0.717, 1.165) is 12.1 Å². The van der Waals surface area contributed by atoms with E-state index >= 15 is 0 Å². The summed E-state index contributed by atoms with van der Waals surface area (Å²) in [6, 6.07) is 1.65. The molecule has 0 aliphatic carbocycles. The van der Waals surface area contributed by atoms with E-state index < -0.39 is 27.9 Å². The van der Waals surface area contributed by atoms with Crippen LogP contribution in [0.25, 0.3) is 0 Å². The van der Waals surface area contributed by atoms with Crippen molar-refractivity contribution in [2.75, 3.05) is 5.32 Å². The first kappa shape index (κ1) is 13.9. The molecular weight excluding hydrogens is 270 g/mol. The van der Waals surface area contributed by atoms with Crippen molar-refractivity contribution in [1.29, 1.82) is 0 Å². The van der Waals surface area contributed by atoms with Gasteiger partial charge in [0.05, 0.1) is 11.5 Å². The Hall–Kier alpha value is -2.51. The van der Waals surface area contributed by atoms with Gasteiger partial charge in [-0.05, 0) is 13.0 Å². The Kier molecular flexibility index (Phi) is 3.92. The lowest BCUT2D eigenvalue weighted by Gasteiger charge is -2.09. The van der Waals surface area contributed by atoms with Gasteiger partial charge in [0.15, 0.2) is 17.3 Å². The molecule has 0 bridgehead atoms. The van der Waals surface area contributed by atoms with Crippen molar-refractivity contribution in [3.63, 3.8) is 0 Å². The zero-order valence-electron chi connectivity index (χ0n) is 10.6. The number of nitro groups is 1. The maximum Gasteiger partial charge on any atom is 0.295 e. The number of nitrogens with zero attached hydrogens (tertiary/aromatic N) is 3. The Morgan fingerprint density at radius 1 is 1.45 bits per heavy atom. The minimum absolute atomic E-state index is 0.0576. The average molecular weight is 282 g/mol. The predicted octanol–water partition coefficient (Wildman–Crippen LogP) is 2.70. The van der Waals surface area contributed by atoms with Crippen molar-refractivity contribution in [3.05, 3.63) is 52.1 Å². The molecule has 0 spiro atoms. The molecule has 0 aliphatic heterocycles. The standard InChI is InChI=1S/C12H12F2N4O2/c1-2-17-6-5-15-10(17)7-16-12-9(18(19)20)4-3-8(13)11(12)14/h3-6,16H,2,7H2,1H3. The number of imidazole rings is 1. The van der Waals surface area contributed by atoms with Gasteiger partial charge in [0.1, 0.15) is 5.82 Å². The highest BCUT2D eigenvalue weighted by atomic mass is 19.2. The highest BCUT2D eigenvalue weighted by Crippen LogP contribution is 2.29. The van der Waals surface area contributed by atoms with E-state index in [1.54, 1.807) is 17.0 Å². The summed E-state index contributed by atoms with van der Waals surface area (Å²) in [5.74, 6) is -1.84. The average Bonchev–Trinajstić information content (AvgIpc) is 2.87. The topological polar surface area (TPSA) is 73.0 Å². The summed E-state index contributed by atoms with van der Waals surface area (Å²) in [7, 11) is 0. The molecule has 20 heavy (non-hydrogen) atoms. The van der Waals surface area contributed by atoms with Crippen molar-refractivity contribution < 1.29 is 13.7 Å². The van der Waals surface area contributed by atoms with Crippen LogP contribution in [0.15, 0.2) is 24.5 Å². The van der Waals surface area contributed by atoms with E-state index in [1.807, 2.05) is 6.92 Å². The van der Waals surface area contributed by atoms with Crippen LogP contribution in [0, 0.1) is 21.7 Å². The van der Waals surface area contributed by atoms with Crippen LogP contribution in [0.3, 0.4) is 0 Å². The molecule has 6 nitrogen and oxygen atoms in total.